The van der Waals surface area contributed by atoms with Gasteiger partial charge in [-0.1, -0.05) is 13.8 Å². The fourth-order valence-corrected chi connectivity index (χ4v) is 2.56. The smallest absolute Gasteiger partial charge is 0.148 e. The van der Waals surface area contributed by atoms with Gasteiger partial charge >= 0.3 is 0 Å². The van der Waals surface area contributed by atoms with Crippen molar-refractivity contribution in [2.24, 2.45) is 11.8 Å². The number of nitrogens with two attached hydrogens (primary N) is 1. The summed E-state index contributed by atoms with van der Waals surface area (Å²) in [5, 5.41) is 9.23. The van der Waals surface area contributed by atoms with Crippen molar-refractivity contribution in [2.75, 3.05) is 30.0 Å². The van der Waals surface area contributed by atoms with Crippen molar-refractivity contribution in [1.82, 2.24) is 9.97 Å². The van der Waals surface area contributed by atoms with Crippen molar-refractivity contribution in [3.05, 3.63) is 11.4 Å². The van der Waals surface area contributed by atoms with Crippen molar-refractivity contribution >= 4 is 11.6 Å². The molecule has 0 atom stereocenters. The van der Waals surface area contributed by atoms with Gasteiger partial charge in [0.1, 0.15) is 17.5 Å². The van der Waals surface area contributed by atoms with E-state index in [9.17, 15) is 5.11 Å². The summed E-state index contributed by atoms with van der Waals surface area (Å²) in [6.45, 7) is 8.27. The maximum Gasteiger partial charge on any atom is 0.148 e. The van der Waals surface area contributed by atoms with E-state index in [1.54, 1.807) is 0 Å². The summed E-state index contributed by atoms with van der Waals surface area (Å²) in [7, 11) is 0. The highest BCUT2D eigenvalue weighted by Gasteiger charge is 2.23. The molecule has 4 N–H and O–H groups in total. The molecule has 1 aromatic heterocycles. The van der Waals surface area contributed by atoms with E-state index in [-0.39, 0.29) is 12.5 Å². The van der Waals surface area contributed by atoms with Gasteiger partial charge in [-0.3, -0.25) is 0 Å². The molecular formula is C14H25N5O. The fourth-order valence-electron chi connectivity index (χ4n) is 2.56. The lowest BCUT2D eigenvalue weighted by Gasteiger charge is -2.33. The maximum absolute atomic E-state index is 9.23. The summed E-state index contributed by atoms with van der Waals surface area (Å²) >= 11 is 0. The Morgan fingerprint density at radius 1 is 1.35 bits per heavy atom. The first-order valence-corrected chi connectivity index (χ1v) is 7.27. The van der Waals surface area contributed by atoms with Crippen molar-refractivity contribution < 1.29 is 5.11 Å². The Kier molecular flexibility index (Phi) is 4.77. The molecule has 0 aliphatic carbocycles. The van der Waals surface area contributed by atoms with Crippen LogP contribution < -0.4 is 16.2 Å². The normalized spacial score (nSPS) is 16.8. The lowest BCUT2D eigenvalue weighted by atomic mass is 9.97. The molecule has 0 bridgehead atoms. The molecule has 0 spiro atoms. The largest absolute Gasteiger partial charge is 0.396 e. The number of aliphatic hydroxyl groups is 1. The molecule has 0 radical (unpaired) electrons. The number of hydrogen-bond donors (Lipinski definition) is 3. The van der Waals surface area contributed by atoms with Crippen molar-refractivity contribution in [1.29, 1.82) is 0 Å². The lowest BCUT2D eigenvalue weighted by molar-refractivity contribution is 0.202. The average molecular weight is 279 g/mol. The van der Waals surface area contributed by atoms with Crippen LogP contribution in [0, 0.1) is 12.8 Å². The third-order valence-corrected chi connectivity index (χ3v) is 3.96. The molecule has 0 aromatic carbocycles. The van der Waals surface area contributed by atoms with Crippen LogP contribution in [0.15, 0.2) is 0 Å². The van der Waals surface area contributed by atoms with Crippen LogP contribution in [0.2, 0.25) is 0 Å². The minimum atomic E-state index is 0.261. The summed E-state index contributed by atoms with van der Waals surface area (Å²) in [4.78, 5) is 11.4. The number of aromatic nitrogens is 2. The molecular weight excluding hydrogens is 254 g/mol. The van der Waals surface area contributed by atoms with Crippen LogP contribution in [0.4, 0.5) is 11.6 Å². The maximum atomic E-state index is 9.23. The molecule has 20 heavy (non-hydrogen) atoms. The third kappa shape index (κ3) is 3.02. The Balaban J connectivity index is 2.28. The summed E-state index contributed by atoms with van der Waals surface area (Å²) < 4.78 is 0. The molecule has 2 heterocycles. The van der Waals surface area contributed by atoms with Gasteiger partial charge < -0.3 is 15.4 Å². The molecule has 1 aliphatic heterocycles. The SMILES string of the molecule is Cc1c(NN)nc(C(C)C)nc1N1CCC(CO)CC1. The molecule has 0 unspecified atom stereocenters. The zero-order chi connectivity index (χ0) is 14.7. The highest BCUT2D eigenvalue weighted by Crippen LogP contribution is 2.28. The molecule has 0 saturated carbocycles. The Hall–Kier alpha value is -1.40. The second-order valence-corrected chi connectivity index (χ2v) is 5.79. The van der Waals surface area contributed by atoms with Crippen LogP contribution in [0.25, 0.3) is 0 Å². The van der Waals surface area contributed by atoms with Crippen LogP contribution in [0.3, 0.4) is 0 Å². The van der Waals surface area contributed by atoms with Crippen LogP contribution in [0.1, 0.15) is 44.0 Å². The van der Waals surface area contributed by atoms with Crippen molar-refractivity contribution in [2.45, 2.75) is 39.5 Å². The van der Waals surface area contributed by atoms with Gasteiger partial charge in [0, 0.05) is 31.2 Å². The lowest BCUT2D eigenvalue weighted by Crippen LogP contribution is -2.36. The fraction of sp³-hybridized carbons (Fsp3) is 0.714. The zero-order valence-corrected chi connectivity index (χ0v) is 12.6. The highest BCUT2D eigenvalue weighted by molar-refractivity contribution is 5.58. The van der Waals surface area contributed by atoms with Gasteiger partial charge in [-0.15, -0.1) is 0 Å². The predicted molar refractivity (Wildman–Crippen MR) is 80.7 cm³/mol. The van der Waals surface area contributed by atoms with E-state index in [2.05, 4.69) is 29.2 Å². The number of nitrogens with zero attached hydrogens (tertiary/aromatic N) is 3. The van der Waals surface area contributed by atoms with Gasteiger partial charge in [0.2, 0.25) is 0 Å². The summed E-state index contributed by atoms with van der Waals surface area (Å²) in [6.07, 6.45) is 2.00. The first kappa shape index (κ1) is 15.0. The van der Waals surface area contributed by atoms with E-state index in [1.165, 1.54) is 0 Å². The number of nitrogen functional groups attached to an aromatic ring is 1. The van der Waals surface area contributed by atoms with Crippen LogP contribution in [0.5, 0.6) is 0 Å². The summed E-state index contributed by atoms with van der Waals surface area (Å²) in [5.41, 5.74) is 3.66. The number of rotatable bonds is 4. The Labute approximate surface area is 120 Å². The Morgan fingerprint density at radius 2 is 2.00 bits per heavy atom. The molecule has 6 heteroatoms. The zero-order valence-electron chi connectivity index (χ0n) is 12.6. The van der Waals surface area contributed by atoms with Crippen molar-refractivity contribution in [3.63, 3.8) is 0 Å². The van der Waals surface area contributed by atoms with Gasteiger partial charge in [-0.05, 0) is 25.7 Å². The predicted octanol–water partition coefficient (Wildman–Crippen LogP) is 1.40. The van der Waals surface area contributed by atoms with Gasteiger partial charge in [-0.25, -0.2) is 15.8 Å². The molecule has 0 amide bonds. The molecule has 1 fully saturated rings. The standard InChI is InChI=1S/C14H25N5O/c1-9(2)12-16-13(18-15)10(3)14(17-12)19-6-4-11(8-20)5-7-19/h9,11,20H,4-8,15H2,1-3H3,(H,16,17,18). The van der Waals surface area contributed by atoms with Crippen LogP contribution in [-0.4, -0.2) is 34.8 Å². The Bertz CT molecular complexity index is 455. The molecule has 1 aliphatic rings. The second kappa shape index (κ2) is 6.37. The number of aliphatic hydroxyl groups excluding tert-OH is 1. The minimum absolute atomic E-state index is 0.261. The first-order chi connectivity index (χ1) is 9.56. The highest BCUT2D eigenvalue weighted by atomic mass is 16.3. The average Bonchev–Trinajstić information content (AvgIpc) is 2.47. The van der Waals surface area contributed by atoms with Gasteiger partial charge in [0.05, 0.1) is 0 Å². The molecule has 1 saturated heterocycles. The topological polar surface area (TPSA) is 87.3 Å². The van der Waals surface area contributed by atoms with Crippen LogP contribution >= 0.6 is 0 Å². The van der Waals surface area contributed by atoms with Gasteiger partial charge in [0.25, 0.3) is 0 Å². The van der Waals surface area contributed by atoms with Gasteiger partial charge in [-0.2, -0.15) is 0 Å². The number of piperidine rings is 1. The van der Waals surface area contributed by atoms with Crippen molar-refractivity contribution in [3.8, 4) is 0 Å². The number of nitrogens with one attached hydrogen (secondary N) is 1. The second-order valence-electron chi connectivity index (χ2n) is 5.79. The summed E-state index contributed by atoms with van der Waals surface area (Å²) in [5.74, 6) is 8.72. The van der Waals surface area contributed by atoms with E-state index in [0.717, 1.165) is 43.1 Å². The molecule has 2 rings (SSSR count). The number of hydrazine groups is 1. The first-order valence-electron chi connectivity index (χ1n) is 7.27. The van der Waals surface area contributed by atoms with E-state index in [1.807, 2.05) is 6.92 Å². The quantitative estimate of drug-likeness (QED) is 0.570. The molecule has 6 nitrogen and oxygen atoms in total. The molecule has 1 aromatic rings. The van der Waals surface area contributed by atoms with Crippen LogP contribution in [-0.2, 0) is 0 Å². The Morgan fingerprint density at radius 3 is 2.50 bits per heavy atom. The number of anilines is 2. The minimum Gasteiger partial charge on any atom is -0.396 e. The van der Waals surface area contributed by atoms with E-state index >= 15 is 0 Å². The summed E-state index contributed by atoms with van der Waals surface area (Å²) in [6, 6.07) is 0. The number of hydrogen-bond acceptors (Lipinski definition) is 6. The van der Waals surface area contributed by atoms with E-state index in [0.29, 0.717) is 11.7 Å². The third-order valence-electron chi connectivity index (χ3n) is 3.96. The molecule has 112 valence electrons. The van der Waals surface area contributed by atoms with Gasteiger partial charge in [0.15, 0.2) is 0 Å². The monoisotopic (exact) mass is 279 g/mol. The van der Waals surface area contributed by atoms with E-state index < -0.39 is 0 Å². The van der Waals surface area contributed by atoms with E-state index in [4.69, 9.17) is 10.8 Å².